The van der Waals surface area contributed by atoms with Gasteiger partial charge in [-0.25, -0.2) is 0 Å². The second-order valence-corrected chi connectivity index (χ2v) is 9.49. The predicted octanol–water partition coefficient (Wildman–Crippen LogP) is 3.42. The quantitative estimate of drug-likeness (QED) is 0.547. The third-order valence-corrected chi connectivity index (χ3v) is 8.96. The Morgan fingerprint density at radius 2 is 2.00 bits per heavy atom. The van der Waals surface area contributed by atoms with Crippen molar-refractivity contribution < 1.29 is 14.6 Å². The van der Waals surface area contributed by atoms with Crippen molar-refractivity contribution in [3.8, 4) is 0 Å². The number of carbonyl (C=O) groups is 1. The van der Waals surface area contributed by atoms with E-state index in [0.29, 0.717) is 17.8 Å². The van der Waals surface area contributed by atoms with Gasteiger partial charge in [-0.05, 0) is 73.8 Å². The van der Waals surface area contributed by atoms with Gasteiger partial charge in [-0.3, -0.25) is 4.79 Å². The first-order valence-electron chi connectivity index (χ1n) is 9.53. The van der Waals surface area contributed by atoms with Gasteiger partial charge < -0.3 is 9.84 Å². The van der Waals surface area contributed by atoms with Crippen LogP contribution < -0.4 is 0 Å². The third-order valence-electron chi connectivity index (χ3n) is 8.96. The minimum Gasteiger partial charge on any atom is -0.393 e. The lowest BCUT2D eigenvalue weighted by molar-refractivity contribution is -0.117. The van der Waals surface area contributed by atoms with E-state index in [4.69, 9.17) is 4.74 Å². The molecule has 130 valence electrons. The number of ketones is 1. The molecule has 3 saturated carbocycles. The molecule has 4 aliphatic carbocycles. The van der Waals surface area contributed by atoms with E-state index in [-0.39, 0.29) is 28.8 Å². The lowest BCUT2D eigenvalue weighted by atomic mass is 9.43. The summed E-state index contributed by atoms with van der Waals surface area (Å²) in [7, 11) is 0. The maximum atomic E-state index is 12.3. The van der Waals surface area contributed by atoms with Crippen LogP contribution in [-0.2, 0) is 9.53 Å². The number of aliphatic hydroxyl groups excluding tert-OH is 1. The van der Waals surface area contributed by atoms with Crippen molar-refractivity contribution in [2.45, 2.75) is 70.7 Å². The van der Waals surface area contributed by atoms with Crippen LogP contribution in [0.2, 0.25) is 0 Å². The van der Waals surface area contributed by atoms with Crippen LogP contribution in [0.25, 0.3) is 0 Å². The third kappa shape index (κ3) is 1.39. The Balaban J connectivity index is 1.63. The van der Waals surface area contributed by atoms with Gasteiger partial charge >= 0.3 is 0 Å². The summed E-state index contributed by atoms with van der Waals surface area (Å²) in [6.07, 6.45) is 6.62. The average Bonchev–Trinajstić information content (AvgIpc) is 3.22. The average molecular weight is 328 g/mol. The van der Waals surface area contributed by atoms with Gasteiger partial charge in [-0.2, -0.15) is 0 Å². The fourth-order valence-corrected chi connectivity index (χ4v) is 7.44. The Labute approximate surface area is 144 Å². The lowest BCUT2D eigenvalue weighted by Gasteiger charge is -2.59. The molecular weight excluding hydrogens is 300 g/mol. The molecule has 0 bridgehead atoms. The Morgan fingerprint density at radius 1 is 1.25 bits per heavy atom. The van der Waals surface area contributed by atoms with Gasteiger partial charge in [0.05, 0.1) is 6.10 Å². The van der Waals surface area contributed by atoms with E-state index in [1.807, 2.05) is 6.08 Å². The molecule has 24 heavy (non-hydrogen) atoms. The summed E-state index contributed by atoms with van der Waals surface area (Å²) in [5.41, 5.74) is 1.82. The van der Waals surface area contributed by atoms with E-state index in [9.17, 15) is 9.90 Å². The number of rotatable bonds is 0. The normalized spacial score (nSPS) is 58.3. The molecular formula is C21H28O3. The van der Waals surface area contributed by atoms with Crippen molar-refractivity contribution in [3.05, 3.63) is 23.8 Å². The smallest absolute Gasteiger partial charge is 0.187 e. The number of epoxide rings is 1. The predicted molar refractivity (Wildman–Crippen MR) is 91.3 cm³/mol. The van der Waals surface area contributed by atoms with Crippen LogP contribution in [0.15, 0.2) is 23.8 Å². The first-order chi connectivity index (χ1) is 11.3. The van der Waals surface area contributed by atoms with E-state index in [2.05, 4.69) is 27.4 Å². The number of aliphatic hydroxyl groups is 1. The zero-order valence-electron chi connectivity index (χ0n) is 15.0. The van der Waals surface area contributed by atoms with Crippen LogP contribution in [0.4, 0.5) is 0 Å². The molecule has 5 aliphatic rings. The second kappa shape index (κ2) is 4.24. The maximum absolute atomic E-state index is 12.3. The first-order valence-corrected chi connectivity index (χ1v) is 9.53. The summed E-state index contributed by atoms with van der Waals surface area (Å²) in [6, 6.07) is 0. The van der Waals surface area contributed by atoms with E-state index in [1.54, 1.807) is 0 Å². The highest BCUT2D eigenvalue weighted by Gasteiger charge is 2.78. The maximum Gasteiger partial charge on any atom is 0.187 e. The summed E-state index contributed by atoms with van der Waals surface area (Å²) in [5.74, 6) is 1.78. The SMILES string of the molecule is C=C1C[C@@H]2[C@@H](CC[C@]3(C)C(O)CC[C@@H]23)[C@@]2(C)C(C)=CC(=O)C3OC132. The molecule has 1 N–H and O–H groups in total. The fourth-order valence-electron chi connectivity index (χ4n) is 7.44. The van der Waals surface area contributed by atoms with E-state index in [1.165, 1.54) is 5.57 Å². The number of ether oxygens (including phenoxy) is 1. The summed E-state index contributed by atoms with van der Waals surface area (Å²) in [5, 5.41) is 10.6. The van der Waals surface area contributed by atoms with Crippen molar-refractivity contribution in [1.82, 2.24) is 0 Å². The summed E-state index contributed by atoms with van der Waals surface area (Å²) in [4.78, 5) is 12.3. The highest BCUT2D eigenvalue weighted by Crippen LogP contribution is 2.73. The molecule has 0 aromatic carbocycles. The standard InChI is InChI=1S/C21H28O3/c1-11-10-16(22)18-21(24-18)12(2)9-13-14-5-6-17(23)19(14,3)8-7-15(13)20(11,21)4/h10,13-15,17-18,23H,2,5-9H2,1,3-4H3/t13-,14-,15+,17?,18?,19-,20+,21?/m0/s1. The topological polar surface area (TPSA) is 49.8 Å². The van der Waals surface area contributed by atoms with E-state index < -0.39 is 5.60 Å². The van der Waals surface area contributed by atoms with Gasteiger partial charge in [-0.1, -0.05) is 26.0 Å². The molecule has 0 aromatic heterocycles. The Bertz CT molecular complexity index is 693. The van der Waals surface area contributed by atoms with Crippen molar-refractivity contribution in [2.24, 2.45) is 28.6 Å². The Hall–Kier alpha value is -0.930. The zero-order chi connectivity index (χ0) is 17.1. The van der Waals surface area contributed by atoms with Gasteiger partial charge in [0.15, 0.2) is 11.9 Å². The largest absolute Gasteiger partial charge is 0.393 e. The number of hydrogen-bond acceptors (Lipinski definition) is 3. The van der Waals surface area contributed by atoms with Crippen LogP contribution >= 0.6 is 0 Å². The van der Waals surface area contributed by atoms with E-state index in [0.717, 1.165) is 37.7 Å². The van der Waals surface area contributed by atoms with E-state index >= 15 is 0 Å². The van der Waals surface area contributed by atoms with Crippen LogP contribution in [0, 0.1) is 28.6 Å². The molecule has 3 unspecified atom stereocenters. The molecule has 3 nitrogen and oxygen atoms in total. The van der Waals surface area contributed by atoms with Crippen LogP contribution in [0.3, 0.4) is 0 Å². The van der Waals surface area contributed by atoms with Crippen molar-refractivity contribution in [3.63, 3.8) is 0 Å². The summed E-state index contributed by atoms with van der Waals surface area (Å²) >= 11 is 0. The monoisotopic (exact) mass is 328 g/mol. The molecule has 1 aliphatic heterocycles. The highest BCUT2D eigenvalue weighted by molar-refractivity contribution is 6.00. The molecule has 8 atom stereocenters. The minimum atomic E-state index is -0.435. The van der Waals surface area contributed by atoms with Gasteiger partial charge in [0.1, 0.15) is 5.60 Å². The van der Waals surface area contributed by atoms with Gasteiger partial charge in [-0.15, -0.1) is 0 Å². The second-order valence-electron chi connectivity index (χ2n) is 9.49. The van der Waals surface area contributed by atoms with Crippen molar-refractivity contribution >= 4 is 5.78 Å². The molecule has 1 heterocycles. The molecule has 4 fully saturated rings. The summed E-state index contributed by atoms with van der Waals surface area (Å²) < 4.78 is 6.12. The summed E-state index contributed by atoms with van der Waals surface area (Å²) in [6.45, 7) is 11.1. The van der Waals surface area contributed by atoms with Crippen LogP contribution in [0.1, 0.15) is 52.9 Å². The van der Waals surface area contributed by atoms with Crippen molar-refractivity contribution in [1.29, 1.82) is 0 Å². The van der Waals surface area contributed by atoms with Gasteiger partial charge in [0.2, 0.25) is 0 Å². The molecule has 5 rings (SSSR count). The first kappa shape index (κ1) is 15.3. The number of fused-ring (bicyclic) bond motifs is 4. The Morgan fingerprint density at radius 3 is 2.75 bits per heavy atom. The molecule has 1 saturated heterocycles. The molecule has 3 heteroatoms. The molecule has 0 amide bonds. The molecule has 0 radical (unpaired) electrons. The fraction of sp³-hybridized carbons (Fsp3) is 0.762. The zero-order valence-corrected chi connectivity index (χ0v) is 15.0. The number of carbonyl (C=O) groups excluding carboxylic acids is 1. The van der Waals surface area contributed by atoms with Crippen LogP contribution in [0.5, 0.6) is 0 Å². The van der Waals surface area contributed by atoms with Gasteiger partial charge in [0, 0.05) is 5.41 Å². The minimum absolute atomic E-state index is 0.0637. The molecule has 1 spiro atoms. The van der Waals surface area contributed by atoms with Gasteiger partial charge in [0.25, 0.3) is 0 Å². The number of hydrogen-bond donors (Lipinski definition) is 1. The lowest BCUT2D eigenvalue weighted by Crippen LogP contribution is -2.59. The van der Waals surface area contributed by atoms with Crippen molar-refractivity contribution in [2.75, 3.05) is 0 Å². The van der Waals surface area contributed by atoms with Crippen LogP contribution in [-0.4, -0.2) is 28.7 Å². The highest BCUT2D eigenvalue weighted by atomic mass is 16.6. The Kier molecular flexibility index (Phi) is 2.71. The molecule has 0 aromatic rings.